The predicted octanol–water partition coefficient (Wildman–Crippen LogP) is 0.500. The van der Waals surface area contributed by atoms with E-state index in [2.05, 4.69) is 20.1 Å². The zero-order valence-electron chi connectivity index (χ0n) is 12.2. The Morgan fingerprint density at radius 2 is 2.00 bits per heavy atom. The fourth-order valence-corrected chi connectivity index (χ4v) is 2.46. The van der Waals surface area contributed by atoms with Crippen molar-refractivity contribution >= 4 is 11.9 Å². The molecule has 2 aromatic heterocycles. The molecular formula is C13H16FN7O. The number of nitrogens with two attached hydrogens (primary N) is 1. The molecule has 0 bridgehead atoms. The van der Waals surface area contributed by atoms with Crippen LogP contribution in [0.3, 0.4) is 0 Å². The summed E-state index contributed by atoms with van der Waals surface area (Å²) in [5.41, 5.74) is 5.16. The van der Waals surface area contributed by atoms with Gasteiger partial charge in [-0.05, 0) is 19.3 Å². The van der Waals surface area contributed by atoms with Crippen molar-refractivity contribution in [1.29, 1.82) is 0 Å². The summed E-state index contributed by atoms with van der Waals surface area (Å²) in [6, 6.07) is 0. The van der Waals surface area contributed by atoms with Crippen molar-refractivity contribution in [1.82, 2.24) is 24.7 Å². The van der Waals surface area contributed by atoms with E-state index in [-0.39, 0.29) is 17.3 Å². The summed E-state index contributed by atoms with van der Waals surface area (Å²) in [7, 11) is 1.55. The van der Waals surface area contributed by atoms with Crippen LogP contribution in [0.25, 0.3) is 11.5 Å². The van der Waals surface area contributed by atoms with Crippen molar-refractivity contribution in [2.75, 3.05) is 18.0 Å². The first kappa shape index (κ1) is 14.4. The number of aryl methyl sites for hydroxylation is 1. The fourth-order valence-electron chi connectivity index (χ4n) is 2.46. The minimum Gasteiger partial charge on any atom is -0.363 e. The number of hydrogen-bond donors (Lipinski definition) is 1. The molecule has 22 heavy (non-hydrogen) atoms. The molecule has 0 aromatic carbocycles. The number of piperidine rings is 1. The summed E-state index contributed by atoms with van der Waals surface area (Å²) < 4.78 is 15.4. The Morgan fingerprint density at radius 3 is 2.64 bits per heavy atom. The van der Waals surface area contributed by atoms with Crippen LogP contribution in [0.4, 0.5) is 10.3 Å². The number of carbonyl (C=O) groups excluding carboxylic acids is 1. The molecule has 0 aliphatic carbocycles. The number of primary amides is 1. The zero-order valence-corrected chi connectivity index (χ0v) is 12.2. The summed E-state index contributed by atoms with van der Waals surface area (Å²) in [4.78, 5) is 25.4. The van der Waals surface area contributed by atoms with Crippen LogP contribution in [0.5, 0.6) is 0 Å². The predicted molar refractivity (Wildman–Crippen MR) is 76.6 cm³/mol. The minimum absolute atomic E-state index is 0.0121. The molecule has 0 unspecified atom stereocenters. The van der Waals surface area contributed by atoms with Crippen molar-refractivity contribution in [2.24, 2.45) is 12.8 Å². The SMILES string of the molecule is Cn1nc(C(N)=O)nc1-c1nc(N2CCCCC2)ncc1F. The first-order valence-corrected chi connectivity index (χ1v) is 7.05. The molecule has 2 N–H and O–H groups in total. The Bertz CT molecular complexity index is 708. The molecule has 1 saturated heterocycles. The number of rotatable bonds is 3. The molecule has 3 heterocycles. The summed E-state index contributed by atoms with van der Waals surface area (Å²) >= 11 is 0. The van der Waals surface area contributed by atoms with Gasteiger partial charge < -0.3 is 10.6 Å². The van der Waals surface area contributed by atoms with Gasteiger partial charge in [-0.3, -0.25) is 4.79 Å². The highest BCUT2D eigenvalue weighted by molar-refractivity contribution is 5.89. The monoisotopic (exact) mass is 305 g/mol. The lowest BCUT2D eigenvalue weighted by Gasteiger charge is -2.26. The van der Waals surface area contributed by atoms with Crippen LogP contribution >= 0.6 is 0 Å². The summed E-state index contributed by atoms with van der Waals surface area (Å²) in [5.74, 6) is -0.957. The van der Waals surface area contributed by atoms with E-state index in [1.54, 1.807) is 7.05 Å². The van der Waals surface area contributed by atoms with Crippen LogP contribution in [-0.2, 0) is 7.05 Å². The molecule has 1 aliphatic rings. The highest BCUT2D eigenvalue weighted by atomic mass is 19.1. The molecular weight excluding hydrogens is 289 g/mol. The molecule has 1 fully saturated rings. The third-order valence-corrected chi connectivity index (χ3v) is 3.57. The van der Waals surface area contributed by atoms with Crippen LogP contribution < -0.4 is 10.6 Å². The Hall–Kier alpha value is -2.58. The van der Waals surface area contributed by atoms with E-state index in [4.69, 9.17) is 5.73 Å². The Kier molecular flexibility index (Phi) is 3.70. The lowest BCUT2D eigenvalue weighted by Crippen LogP contribution is -2.31. The van der Waals surface area contributed by atoms with Gasteiger partial charge in [0.15, 0.2) is 11.6 Å². The van der Waals surface area contributed by atoms with Crippen LogP contribution in [0.15, 0.2) is 6.20 Å². The topological polar surface area (TPSA) is 103 Å². The lowest BCUT2D eigenvalue weighted by atomic mass is 10.1. The van der Waals surface area contributed by atoms with Crippen molar-refractivity contribution < 1.29 is 9.18 Å². The summed E-state index contributed by atoms with van der Waals surface area (Å²) in [6.07, 6.45) is 4.42. The average Bonchev–Trinajstić information content (AvgIpc) is 2.91. The highest BCUT2D eigenvalue weighted by Crippen LogP contribution is 2.22. The van der Waals surface area contributed by atoms with E-state index < -0.39 is 11.7 Å². The number of nitrogens with zero attached hydrogens (tertiary/aromatic N) is 6. The van der Waals surface area contributed by atoms with Crippen molar-refractivity contribution in [2.45, 2.75) is 19.3 Å². The standard InChI is InChI=1S/C13H16FN7O/c1-20-12(18-11(19-20)10(15)22)9-8(14)7-16-13(17-9)21-5-3-2-4-6-21/h7H,2-6H2,1H3,(H2,15,22). The smallest absolute Gasteiger partial charge is 0.288 e. The van der Waals surface area contributed by atoms with Gasteiger partial charge in [0.1, 0.15) is 5.69 Å². The third kappa shape index (κ3) is 2.61. The number of halogens is 1. The second-order valence-electron chi connectivity index (χ2n) is 5.16. The normalized spacial score (nSPS) is 15.1. The molecule has 3 rings (SSSR count). The number of amides is 1. The van der Waals surface area contributed by atoms with Gasteiger partial charge in [-0.1, -0.05) is 0 Å². The van der Waals surface area contributed by atoms with Crippen LogP contribution in [0, 0.1) is 5.82 Å². The van der Waals surface area contributed by atoms with E-state index in [1.165, 1.54) is 11.1 Å². The van der Waals surface area contributed by atoms with Gasteiger partial charge in [0.2, 0.25) is 11.8 Å². The number of anilines is 1. The lowest BCUT2D eigenvalue weighted by molar-refractivity contribution is 0.0990. The number of hydrogen-bond acceptors (Lipinski definition) is 6. The molecule has 0 atom stereocenters. The summed E-state index contributed by atoms with van der Waals surface area (Å²) in [5, 5.41) is 3.86. The van der Waals surface area contributed by atoms with E-state index in [1.807, 2.05) is 4.90 Å². The average molecular weight is 305 g/mol. The maximum absolute atomic E-state index is 14.1. The molecule has 116 valence electrons. The number of carbonyl (C=O) groups is 1. The molecule has 9 heteroatoms. The van der Waals surface area contributed by atoms with E-state index in [0.717, 1.165) is 32.1 Å². The molecule has 2 aromatic rings. The van der Waals surface area contributed by atoms with Crippen molar-refractivity contribution in [3.8, 4) is 11.5 Å². The van der Waals surface area contributed by atoms with E-state index in [9.17, 15) is 9.18 Å². The quantitative estimate of drug-likeness (QED) is 0.885. The Morgan fingerprint density at radius 1 is 1.27 bits per heavy atom. The maximum Gasteiger partial charge on any atom is 0.288 e. The van der Waals surface area contributed by atoms with E-state index >= 15 is 0 Å². The van der Waals surface area contributed by atoms with E-state index in [0.29, 0.717) is 5.95 Å². The number of aromatic nitrogens is 5. The molecule has 1 amide bonds. The molecule has 0 spiro atoms. The largest absolute Gasteiger partial charge is 0.363 e. The molecule has 8 nitrogen and oxygen atoms in total. The summed E-state index contributed by atoms with van der Waals surface area (Å²) in [6.45, 7) is 1.69. The Labute approximate surface area is 126 Å². The second-order valence-corrected chi connectivity index (χ2v) is 5.16. The second kappa shape index (κ2) is 5.66. The van der Waals surface area contributed by atoms with Crippen LogP contribution in [-0.4, -0.2) is 43.7 Å². The van der Waals surface area contributed by atoms with Gasteiger partial charge in [-0.25, -0.2) is 24.0 Å². The van der Waals surface area contributed by atoms with Crippen molar-refractivity contribution in [3.05, 3.63) is 17.8 Å². The van der Waals surface area contributed by atoms with Gasteiger partial charge in [-0.2, -0.15) is 0 Å². The van der Waals surface area contributed by atoms with Gasteiger partial charge in [0.25, 0.3) is 5.91 Å². The highest BCUT2D eigenvalue weighted by Gasteiger charge is 2.21. The van der Waals surface area contributed by atoms with Crippen molar-refractivity contribution in [3.63, 3.8) is 0 Å². The first-order chi connectivity index (χ1) is 10.6. The van der Waals surface area contributed by atoms with Crippen LogP contribution in [0.2, 0.25) is 0 Å². The Balaban J connectivity index is 2.01. The molecule has 1 aliphatic heterocycles. The fraction of sp³-hybridized carbons (Fsp3) is 0.462. The maximum atomic E-state index is 14.1. The van der Waals surface area contributed by atoms with Gasteiger partial charge in [-0.15, -0.1) is 5.10 Å². The van der Waals surface area contributed by atoms with Gasteiger partial charge in [0.05, 0.1) is 6.20 Å². The molecule has 0 radical (unpaired) electrons. The first-order valence-electron chi connectivity index (χ1n) is 7.05. The zero-order chi connectivity index (χ0) is 15.7. The molecule has 0 saturated carbocycles. The third-order valence-electron chi connectivity index (χ3n) is 3.57. The van der Waals surface area contributed by atoms with Gasteiger partial charge in [0, 0.05) is 20.1 Å². The van der Waals surface area contributed by atoms with Crippen LogP contribution in [0.1, 0.15) is 29.9 Å². The van der Waals surface area contributed by atoms with Gasteiger partial charge >= 0.3 is 0 Å². The minimum atomic E-state index is -0.771.